The van der Waals surface area contributed by atoms with Crippen molar-refractivity contribution in [1.82, 2.24) is 9.55 Å². The van der Waals surface area contributed by atoms with Gasteiger partial charge in [0, 0.05) is 24.6 Å². The van der Waals surface area contributed by atoms with E-state index in [0.29, 0.717) is 10.8 Å². The summed E-state index contributed by atoms with van der Waals surface area (Å²) in [4.78, 5) is 16.0. The summed E-state index contributed by atoms with van der Waals surface area (Å²) in [5.74, 6) is 0.252. The topological polar surface area (TPSA) is 56.1 Å². The van der Waals surface area contributed by atoms with Crippen LogP contribution in [0.15, 0.2) is 67.3 Å². The summed E-state index contributed by atoms with van der Waals surface area (Å²) in [5.41, 5.74) is 1.84. The maximum absolute atomic E-state index is 11.9. The fourth-order valence-electron chi connectivity index (χ4n) is 2.19. The molecule has 0 aliphatic carbocycles. The minimum atomic E-state index is -0.239. The molecule has 0 atom stereocenters. The molecular weight excluding hydrogens is 326 g/mol. The third kappa shape index (κ3) is 4.36. The predicted molar refractivity (Wildman–Crippen MR) is 93.3 cm³/mol. The highest BCUT2D eigenvalue weighted by molar-refractivity contribution is 6.32. The van der Waals surface area contributed by atoms with Crippen LogP contribution in [0.4, 0.5) is 5.69 Å². The quantitative estimate of drug-likeness (QED) is 0.745. The Kier molecular flexibility index (Phi) is 5.13. The van der Waals surface area contributed by atoms with E-state index in [2.05, 4.69) is 10.3 Å². The second-order valence-electron chi connectivity index (χ2n) is 5.20. The molecule has 1 aromatic heterocycles. The molecule has 1 amide bonds. The van der Waals surface area contributed by atoms with Gasteiger partial charge in [0.25, 0.3) is 5.91 Å². The number of carbonyl (C=O) groups is 1. The summed E-state index contributed by atoms with van der Waals surface area (Å²) in [6.07, 6.45) is 5.41. The monoisotopic (exact) mass is 341 g/mol. The van der Waals surface area contributed by atoms with E-state index in [0.717, 1.165) is 17.8 Å². The Morgan fingerprint density at radius 3 is 2.67 bits per heavy atom. The number of carbonyl (C=O) groups excluding carboxylic acids is 1. The Balaban J connectivity index is 1.52. The fourth-order valence-corrected chi connectivity index (χ4v) is 2.38. The first-order chi connectivity index (χ1) is 11.7. The molecule has 24 heavy (non-hydrogen) atoms. The number of aromatic nitrogens is 2. The number of hydrogen-bond acceptors (Lipinski definition) is 3. The highest BCUT2D eigenvalue weighted by atomic mass is 35.5. The zero-order chi connectivity index (χ0) is 16.8. The van der Waals surface area contributed by atoms with Crippen LogP contribution in [0.25, 0.3) is 0 Å². The van der Waals surface area contributed by atoms with Crippen LogP contribution in [0.5, 0.6) is 5.75 Å². The van der Waals surface area contributed by atoms with E-state index in [-0.39, 0.29) is 12.5 Å². The smallest absolute Gasteiger partial charge is 0.262 e. The second-order valence-corrected chi connectivity index (χ2v) is 5.61. The van der Waals surface area contributed by atoms with Gasteiger partial charge < -0.3 is 14.6 Å². The van der Waals surface area contributed by atoms with Gasteiger partial charge in [0.1, 0.15) is 5.75 Å². The number of ether oxygens (including phenoxy) is 1. The van der Waals surface area contributed by atoms with E-state index in [1.165, 1.54) is 0 Å². The Hall–Kier alpha value is -2.79. The number of nitrogens with zero attached hydrogens (tertiary/aromatic N) is 2. The lowest BCUT2D eigenvalue weighted by Crippen LogP contribution is -2.20. The first-order valence-corrected chi connectivity index (χ1v) is 7.80. The lowest BCUT2D eigenvalue weighted by Gasteiger charge is -2.09. The standard InChI is InChI=1S/C18H16ClN3O2/c19-16-3-1-2-4-17(16)24-12-18(23)21-15-7-5-14(6-8-15)11-22-10-9-20-13-22/h1-10,13H,11-12H2,(H,21,23). The maximum Gasteiger partial charge on any atom is 0.262 e. The molecule has 0 fully saturated rings. The van der Waals surface area contributed by atoms with Crippen molar-refractivity contribution >= 4 is 23.2 Å². The van der Waals surface area contributed by atoms with Gasteiger partial charge >= 0.3 is 0 Å². The fraction of sp³-hybridized carbons (Fsp3) is 0.111. The second kappa shape index (κ2) is 7.66. The SMILES string of the molecule is O=C(COc1ccccc1Cl)Nc1ccc(Cn2ccnc2)cc1. The van der Waals surface area contributed by atoms with Crippen molar-refractivity contribution in [2.75, 3.05) is 11.9 Å². The Bertz CT molecular complexity index is 801. The van der Waals surface area contributed by atoms with Crippen LogP contribution in [0.1, 0.15) is 5.56 Å². The molecule has 3 rings (SSSR count). The number of para-hydroxylation sites is 1. The molecule has 0 spiro atoms. The van der Waals surface area contributed by atoms with Crippen molar-refractivity contribution in [1.29, 1.82) is 0 Å². The molecule has 1 N–H and O–H groups in total. The molecule has 1 heterocycles. The van der Waals surface area contributed by atoms with Crippen LogP contribution in [0.2, 0.25) is 5.02 Å². The Morgan fingerprint density at radius 1 is 1.17 bits per heavy atom. The van der Waals surface area contributed by atoms with Gasteiger partial charge in [-0.1, -0.05) is 35.9 Å². The van der Waals surface area contributed by atoms with Gasteiger partial charge in [0.2, 0.25) is 0 Å². The third-order valence-electron chi connectivity index (χ3n) is 3.36. The van der Waals surface area contributed by atoms with Gasteiger partial charge in [0.15, 0.2) is 6.61 Å². The Labute approximate surface area is 144 Å². The van der Waals surface area contributed by atoms with Gasteiger partial charge in [0.05, 0.1) is 11.3 Å². The van der Waals surface area contributed by atoms with E-state index in [1.807, 2.05) is 35.0 Å². The lowest BCUT2D eigenvalue weighted by atomic mass is 10.2. The number of hydrogen-bond donors (Lipinski definition) is 1. The van der Waals surface area contributed by atoms with Crippen molar-refractivity contribution in [3.05, 3.63) is 77.8 Å². The molecular formula is C18H16ClN3O2. The van der Waals surface area contributed by atoms with Crippen molar-refractivity contribution in [2.24, 2.45) is 0 Å². The minimum absolute atomic E-state index is 0.0967. The molecule has 6 heteroatoms. The molecule has 0 radical (unpaired) electrons. The molecule has 5 nitrogen and oxygen atoms in total. The summed E-state index contributed by atoms with van der Waals surface area (Å²) >= 11 is 5.98. The van der Waals surface area contributed by atoms with E-state index in [4.69, 9.17) is 16.3 Å². The summed E-state index contributed by atoms with van der Waals surface area (Å²) in [6, 6.07) is 14.7. The summed E-state index contributed by atoms with van der Waals surface area (Å²) in [6.45, 7) is 0.643. The largest absolute Gasteiger partial charge is 0.482 e. The number of rotatable bonds is 6. The number of amides is 1. The molecule has 0 saturated carbocycles. The van der Waals surface area contributed by atoms with Crippen molar-refractivity contribution in [2.45, 2.75) is 6.54 Å². The lowest BCUT2D eigenvalue weighted by molar-refractivity contribution is -0.118. The maximum atomic E-state index is 11.9. The number of nitrogens with one attached hydrogen (secondary N) is 1. The zero-order valence-corrected chi connectivity index (χ0v) is 13.6. The summed E-state index contributed by atoms with van der Waals surface area (Å²) in [7, 11) is 0. The van der Waals surface area contributed by atoms with Crippen LogP contribution < -0.4 is 10.1 Å². The first-order valence-electron chi connectivity index (χ1n) is 7.42. The van der Waals surface area contributed by atoms with Gasteiger partial charge in [-0.2, -0.15) is 0 Å². The van der Waals surface area contributed by atoms with Crippen molar-refractivity contribution in [3.8, 4) is 5.75 Å². The van der Waals surface area contributed by atoms with Gasteiger partial charge in [-0.3, -0.25) is 4.79 Å². The highest BCUT2D eigenvalue weighted by Crippen LogP contribution is 2.23. The highest BCUT2D eigenvalue weighted by Gasteiger charge is 2.06. The van der Waals surface area contributed by atoms with Gasteiger partial charge in [-0.25, -0.2) is 4.98 Å². The van der Waals surface area contributed by atoms with Crippen LogP contribution in [-0.4, -0.2) is 22.1 Å². The van der Waals surface area contributed by atoms with Crippen LogP contribution in [0.3, 0.4) is 0 Å². The Morgan fingerprint density at radius 2 is 1.96 bits per heavy atom. The van der Waals surface area contributed by atoms with Gasteiger partial charge in [-0.15, -0.1) is 0 Å². The van der Waals surface area contributed by atoms with Crippen molar-refractivity contribution < 1.29 is 9.53 Å². The number of anilines is 1. The molecule has 122 valence electrons. The van der Waals surface area contributed by atoms with E-state index in [1.54, 1.807) is 36.8 Å². The normalized spacial score (nSPS) is 10.4. The number of benzene rings is 2. The van der Waals surface area contributed by atoms with E-state index >= 15 is 0 Å². The molecule has 0 unspecified atom stereocenters. The predicted octanol–water partition coefficient (Wildman–Crippen LogP) is 3.60. The first kappa shape index (κ1) is 16.1. The molecule has 2 aromatic carbocycles. The number of imidazole rings is 1. The van der Waals surface area contributed by atoms with Crippen LogP contribution in [0, 0.1) is 0 Å². The summed E-state index contributed by atoms with van der Waals surface area (Å²) < 4.78 is 7.39. The molecule has 0 aliphatic heterocycles. The van der Waals surface area contributed by atoms with E-state index in [9.17, 15) is 4.79 Å². The minimum Gasteiger partial charge on any atom is -0.482 e. The van der Waals surface area contributed by atoms with Crippen LogP contribution in [-0.2, 0) is 11.3 Å². The average molecular weight is 342 g/mol. The average Bonchev–Trinajstić information content (AvgIpc) is 3.09. The summed E-state index contributed by atoms with van der Waals surface area (Å²) in [5, 5.41) is 3.27. The molecule has 3 aromatic rings. The van der Waals surface area contributed by atoms with Crippen molar-refractivity contribution in [3.63, 3.8) is 0 Å². The molecule has 0 aliphatic rings. The zero-order valence-electron chi connectivity index (χ0n) is 12.9. The molecule has 0 bridgehead atoms. The van der Waals surface area contributed by atoms with Crippen LogP contribution >= 0.6 is 11.6 Å². The van der Waals surface area contributed by atoms with E-state index < -0.39 is 0 Å². The molecule has 0 saturated heterocycles. The third-order valence-corrected chi connectivity index (χ3v) is 3.67. The van der Waals surface area contributed by atoms with Gasteiger partial charge in [-0.05, 0) is 29.8 Å². The number of halogens is 1.